The minimum Gasteiger partial charge on any atom is -0.432 e. The van der Waals surface area contributed by atoms with Crippen molar-refractivity contribution >= 4 is 12.1 Å². The third-order valence-electron chi connectivity index (χ3n) is 2.26. The van der Waals surface area contributed by atoms with Crippen molar-refractivity contribution in [1.82, 2.24) is 4.90 Å². The highest BCUT2D eigenvalue weighted by Gasteiger charge is 2.25. The fraction of sp³-hybridized carbons (Fsp3) is 0.600. The fourth-order valence-electron chi connectivity index (χ4n) is 1.52. The van der Waals surface area contributed by atoms with Gasteiger partial charge in [-0.2, -0.15) is 0 Å². The Bertz CT molecular complexity index is 264. The van der Waals surface area contributed by atoms with E-state index in [1.165, 1.54) is 0 Å². The molecule has 1 aliphatic heterocycles. The number of carbonyl (C=O) groups is 2. The summed E-state index contributed by atoms with van der Waals surface area (Å²) in [5.41, 5.74) is 0. The molecule has 0 spiro atoms. The summed E-state index contributed by atoms with van der Waals surface area (Å²) < 4.78 is 9.16. The van der Waals surface area contributed by atoms with Crippen molar-refractivity contribution in [3.05, 3.63) is 12.8 Å². The van der Waals surface area contributed by atoms with E-state index >= 15 is 0 Å². The minimum atomic E-state index is -0.788. The molecule has 0 N–H and O–H groups in total. The molecule has 1 rings (SSSR count). The normalized spacial score (nSPS) is 17.4. The molecule has 1 saturated heterocycles. The van der Waals surface area contributed by atoms with Gasteiger partial charge in [-0.15, -0.1) is 0 Å². The molecule has 0 aliphatic carbocycles. The Kier molecular flexibility index (Phi) is 4.15. The standard InChI is InChI=1S/C10H15NO4/c1-3-14-10(13)15-7-8(2)11-6-4-5-9(11)12/h3,8H,1,4-7H2,2H3. The number of ether oxygens (including phenoxy) is 2. The van der Waals surface area contributed by atoms with E-state index in [0.29, 0.717) is 6.42 Å². The first kappa shape index (κ1) is 11.6. The summed E-state index contributed by atoms with van der Waals surface area (Å²) in [6.45, 7) is 5.95. The van der Waals surface area contributed by atoms with Gasteiger partial charge in [-0.3, -0.25) is 4.79 Å². The van der Waals surface area contributed by atoms with Gasteiger partial charge in [0.1, 0.15) is 6.61 Å². The Labute approximate surface area is 88.6 Å². The quantitative estimate of drug-likeness (QED) is 0.521. The van der Waals surface area contributed by atoms with E-state index in [1.807, 2.05) is 6.92 Å². The number of carbonyl (C=O) groups excluding carboxylic acids is 2. The van der Waals surface area contributed by atoms with Gasteiger partial charge in [0, 0.05) is 13.0 Å². The maximum atomic E-state index is 11.3. The number of hydrogen-bond acceptors (Lipinski definition) is 4. The number of rotatable bonds is 4. The fourth-order valence-corrected chi connectivity index (χ4v) is 1.52. The molecule has 5 nitrogen and oxygen atoms in total. The third-order valence-corrected chi connectivity index (χ3v) is 2.26. The van der Waals surface area contributed by atoms with Gasteiger partial charge in [0.2, 0.25) is 5.91 Å². The number of hydrogen-bond donors (Lipinski definition) is 0. The summed E-state index contributed by atoms with van der Waals surface area (Å²) in [4.78, 5) is 23.9. The summed E-state index contributed by atoms with van der Waals surface area (Å²) in [6, 6.07) is -0.0997. The predicted molar refractivity (Wildman–Crippen MR) is 53.0 cm³/mol. The Balaban J connectivity index is 2.29. The average molecular weight is 213 g/mol. The Morgan fingerprint density at radius 2 is 2.47 bits per heavy atom. The lowest BCUT2D eigenvalue weighted by molar-refractivity contribution is -0.130. The average Bonchev–Trinajstić information content (AvgIpc) is 2.61. The van der Waals surface area contributed by atoms with Crippen molar-refractivity contribution in [3.63, 3.8) is 0 Å². The van der Waals surface area contributed by atoms with Gasteiger partial charge in [0.15, 0.2) is 0 Å². The summed E-state index contributed by atoms with van der Waals surface area (Å²) in [5.74, 6) is 0.114. The highest BCUT2D eigenvalue weighted by molar-refractivity contribution is 5.78. The van der Waals surface area contributed by atoms with E-state index in [1.54, 1.807) is 4.90 Å². The van der Waals surface area contributed by atoms with Gasteiger partial charge in [-0.25, -0.2) is 4.79 Å². The van der Waals surface area contributed by atoms with Gasteiger partial charge in [0.25, 0.3) is 0 Å². The highest BCUT2D eigenvalue weighted by Crippen LogP contribution is 2.13. The van der Waals surface area contributed by atoms with Crippen LogP contribution in [0.1, 0.15) is 19.8 Å². The Morgan fingerprint density at radius 3 is 3.00 bits per heavy atom. The topological polar surface area (TPSA) is 55.8 Å². The smallest absolute Gasteiger partial charge is 0.432 e. The summed E-state index contributed by atoms with van der Waals surface area (Å²) >= 11 is 0. The number of nitrogens with zero attached hydrogens (tertiary/aromatic N) is 1. The lowest BCUT2D eigenvalue weighted by Gasteiger charge is -2.23. The van der Waals surface area contributed by atoms with Gasteiger partial charge in [-0.1, -0.05) is 6.58 Å². The molecular weight excluding hydrogens is 198 g/mol. The van der Waals surface area contributed by atoms with Crippen LogP contribution in [0.25, 0.3) is 0 Å². The molecule has 0 aromatic heterocycles. The predicted octanol–water partition coefficient (Wildman–Crippen LogP) is 1.29. The molecule has 0 aromatic carbocycles. The van der Waals surface area contributed by atoms with Crippen molar-refractivity contribution in [3.8, 4) is 0 Å². The monoisotopic (exact) mass is 213 g/mol. The van der Waals surface area contributed by atoms with E-state index < -0.39 is 6.16 Å². The van der Waals surface area contributed by atoms with E-state index in [-0.39, 0.29) is 18.6 Å². The maximum Gasteiger partial charge on any atom is 0.513 e. The van der Waals surface area contributed by atoms with Gasteiger partial charge >= 0.3 is 6.16 Å². The van der Waals surface area contributed by atoms with Crippen LogP contribution >= 0.6 is 0 Å². The lowest BCUT2D eigenvalue weighted by atomic mass is 10.3. The second-order valence-electron chi connectivity index (χ2n) is 3.39. The van der Waals surface area contributed by atoms with E-state index in [0.717, 1.165) is 19.2 Å². The molecule has 0 saturated carbocycles. The van der Waals surface area contributed by atoms with Crippen molar-refractivity contribution in [2.75, 3.05) is 13.2 Å². The van der Waals surface area contributed by atoms with Crippen LogP contribution in [0.4, 0.5) is 4.79 Å². The van der Waals surface area contributed by atoms with E-state index in [4.69, 9.17) is 4.74 Å². The molecule has 1 amide bonds. The first-order valence-corrected chi connectivity index (χ1v) is 4.89. The first-order valence-electron chi connectivity index (χ1n) is 4.89. The molecule has 5 heteroatoms. The van der Waals surface area contributed by atoms with Crippen molar-refractivity contribution in [1.29, 1.82) is 0 Å². The van der Waals surface area contributed by atoms with Gasteiger partial charge in [0.05, 0.1) is 12.3 Å². The third kappa shape index (κ3) is 3.27. The van der Waals surface area contributed by atoms with Crippen LogP contribution in [0.3, 0.4) is 0 Å². The Morgan fingerprint density at radius 1 is 1.73 bits per heavy atom. The molecule has 84 valence electrons. The zero-order valence-electron chi connectivity index (χ0n) is 8.77. The van der Waals surface area contributed by atoms with Crippen LogP contribution in [-0.4, -0.2) is 36.2 Å². The number of likely N-dealkylation sites (tertiary alicyclic amines) is 1. The largest absolute Gasteiger partial charge is 0.513 e. The van der Waals surface area contributed by atoms with Crippen LogP contribution < -0.4 is 0 Å². The second-order valence-corrected chi connectivity index (χ2v) is 3.39. The van der Waals surface area contributed by atoms with Crippen molar-refractivity contribution in [2.45, 2.75) is 25.8 Å². The lowest BCUT2D eigenvalue weighted by Crippen LogP contribution is -2.37. The molecule has 1 aliphatic rings. The minimum absolute atomic E-state index is 0.0997. The van der Waals surface area contributed by atoms with Crippen molar-refractivity contribution < 1.29 is 19.1 Å². The Hall–Kier alpha value is -1.52. The molecule has 0 aromatic rings. The molecule has 15 heavy (non-hydrogen) atoms. The van der Waals surface area contributed by atoms with E-state index in [2.05, 4.69) is 11.3 Å². The number of amides is 1. The maximum absolute atomic E-state index is 11.3. The summed E-state index contributed by atoms with van der Waals surface area (Å²) in [6.07, 6.45) is 1.68. The summed E-state index contributed by atoms with van der Waals surface area (Å²) in [5, 5.41) is 0. The van der Waals surface area contributed by atoms with Crippen LogP contribution in [0.15, 0.2) is 12.8 Å². The molecule has 1 atom stereocenters. The van der Waals surface area contributed by atoms with Crippen LogP contribution in [0.5, 0.6) is 0 Å². The summed E-state index contributed by atoms with van der Waals surface area (Å²) in [7, 11) is 0. The van der Waals surface area contributed by atoms with Gasteiger partial charge in [-0.05, 0) is 13.3 Å². The molecule has 1 fully saturated rings. The van der Waals surface area contributed by atoms with Crippen LogP contribution in [-0.2, 0) is 14.3 Å². The molecule has 0 bridgehead atoms. The second kappa shape index (κ2) is 5.38. The molecule has 1 unspecified atom stereocenters. The van der Waals surface area contributed by atoms with Crippen LogP contribution in [0, 0.1) is 0 Å². The molecular formula is C10H15NO4. The first-order chi connectivity index (χ1) is 7.15. The SMILES string of the molecule is C=COC(=O)OCC(C)N1CCCC1=O. The molecule has 0 radical (unpaired) electrons. The zero-order chi connectivity index (χ0) is 11.3. The molecule has 1 heterocycles. The zero-order valence-corrected chi connectivity index (χ0v) is 8.77. The van der Waals surface area contributed by atoms with E-state index in [9.17, 15) is 9.59 Å². The van der Waals surface area contributed by atoms with Crippen LogP contribution in [0.2, 0.25) is 0 Å². The van der Waals surface area contributed by atoms with Gasteiger partial charge < -0.3 is 14.4 Å². The highest BCUT2D eigenvalue weighted by atomic mass is 16.7. The van der Waals surface area contributed by atoms with Crippen molar-refractivity contribution in [2.24, 2.45) is 0 Å².